The molecule has 1 unspecified atom stereocenters. The Hall–Kier alpha value is -4.24. The lowest BCUT2D eigenvalue weighted by Crippen LogP contribution is -2.56. The number of carbonyl (C=O) groups excluding carboxylic acids is 1. The summed E-state index contributed by atoms with van der Waals surface area (Å²) in [5.41, 5.74) is 3.26. The summed E-state index contributed by atoms with van der Waals surface area (Å²) < 4.78 is 11.5. The van der Waals surface area contributed by atoms with Crippen LogP contribution in [0, 0.1) is 11.3 Å². The highest BCUT2D eigenvalue weighted by atomic mass is 16.5. The third kappa shape index (κ3) is 6.72. The summed E-state index contributed by atoms with van der Waals surface area (Å²) in [5, 5.41) is 22.8. The molecule has 0 aliphatic carbocycles. The molecule has 3 aromatic rings. The van der Waals surface area contributed by atoms with Crippen LogP contribution in [0.15, 0.2) is 54.7 Å². The van der Waals surface area contributed by atoms with Gasteiger partial charge in [0.25, 0.3) is 5.91 Å². The number of nitriles is 1. The van der Waals surface area contributed by atoms with Crippen LogP contribution in [0.3, 0.4) is 0 Å². The van der Waals surface area contributed by atoms with Gasteiger partial charge in [-0.3, -0.25) is 9.69 Å². The van der Waals surface area contributed by atoms with Crippen LogP contribution in [-0.2, 0) is 9.53 Å². The zero-order chi connectivity index (χ0) is 29.8. The number of piperidine rings is 1. The molecule has 3 saturated heterocycles. The minimum atomic E-state index is -1.00. The zero-order valence-corrected chi connectivity index (χ0v) is 24.4. The first kappa shape index (κ1) is 28.9. The third-order valence-corrected chi connectivity index (χ3v) is 8.37. The average Bonchev–Trinajstić information content (AvgIpc) is 3.01. The Morgan fingerprint density at radius 1 is 1.07 bits per heavy atom. The van der Waals surface area contributed by atoms with Gasteiger partial charge < -0.3 is 29.7 Å². The normalized spacial score (nSPS) is 18.9. The van der Waals surface area contributed by atoms with Gasteiger partial charge in [0.1, 0.15) is 29.8 Å². The largest absolute Gasteiger partial charge is 0.489 e. The van der Waals surface area contributed by atoms with Gasteiger partial charge in [0.05, 0.1) is 24.8 Å². The number of anilines is 3. The first-order valence-electron chi connectivity index (χ1n) is 14.9. The molecule has 2 aromatic carbocycles. The molecule has 0 saturated carbocycles. The van der Waals surface area contributed by atoms with Crippen molar-refractivity contribution in [1.82, 2.24) is 19.8 Å². The predicted octanol–water partition coefficient (Wildman–Crippen LogP) is 3.03. The minimum absolute atomic E-state index is 0.113. The number of hydrogen-bond donors (Lipinski definition) is 2. The summed E-state index contributed by atoms with van der Waals surface area (Å²) in [7, 11) is 0. The van der Waals surface area contributed by atoms with Gasteiger partial charge in [-0.25, -0.2) is 9.97 Å². The van der Waals surface area contributed by atoms with Crippen molar-refractivity contribution < 1.29 is 19.4 Å². The van der Waals surface area contributed by atoms with Crippen LogP contribution >= 0.6 is 0 Å². The van der Waals surface area contributed by atoms with Crippen LogP contribution in [0.4, 0.5) is 17.2 Å². The number of benzene rings is 2. The van der Waals surface area contributed by atoms with Gasteiger partial charge in [-0.2, -0.15) is 5.26 Å². The first-order chi connectivity index (χ1) is 21.0. The fourth-order valence-electron chi connectivity index (χ4n) is 5.75. The summed E-state index contributed by atoms with van der Waals surface area (Å²) in [4.78, 5) is 27.8. The number of nitrogens with zero attached hydrogens (tertiary/aromatic N) is 6. The van der Waals surface area contributed by atoms with Crippen LogP contribution in [0.5, 0.6) is 5.75 Å². The molecule has 2 N–H and O–H groups in total. The number of aromatic nitrogens is 2. The highest BCUT2D eigenvalue weighted by molar-refractivity contribution is 5.80. The summed E-state index contributed by atoms with van der Waals surface area (Å²) >= 11 is 0. The van der Waals surface area contributed by atoms with Gasteiger partial charge in [-0.05, 0) is 55.5 Å². The highest BCUT2D eigenvalue weighted by Gasteiger charge is 2.29. The molecule has 0 bridgehead atoms. The molecule has 4 heterocycles. The van der Waals surface area contributed by atoms with E-state index in [0.29, 0.717) is 60.5 Å². The van der Waals surface area contributed by atoms with E-state index in [-0.39, 0.29) is 12.0 Å². The van der Waals surface area contributed by atoms with Crippen molar-refractivity contribution in [3.8, 4) is 23.2 Å². The number of rotatable bonds is 8. The average molecular weight is 584 g/mol. The number of ether oxygens (including phenoxy) is 2. The molecule has 43 heavy (non-hydrogen) atoms. The number of likely N-dealkylation sites (tertiary alicyclic amines) is 1. The standard InChI is InChI=1S/C32H37N7O4/c1-22(40)32(41)39-12-9-28(10-13-39)43-29-7-2-23(18-24(29)19-33)31-34-11-8-30(36-31)35-25-3-5-26(6-4-25)37-14-16-38(17-15-37)27-20-42-21-27/h2-8,11,18,22,27-28,40H,9-10,12-17,20-21H2,1H3,(H,34,35,36). The fraction of sp³-hybridized carbons (Fsp3) is 0.438. The van der Waals surface area contributed by atoms with Crippen molar-refractivity contribution in [1.29, 1.82) is 5.26 Å². The predicted molar refractivity (Wildman–Crippen MR) is 162 cm³/mol. The van der Waals surface area contributed by atoms with Crippen molar-refractivity contribution in [3.05, 3.63) is 60.3 Å². The van der Waals surface area contributed by atoms with Crippen LogP contribution in [0.2, 0.25) is 0 Å². The number of aliphatic hydroxyl groups excluding tert-OH is 1. The fourth-order valence-corrected chi connectivity index (χ4v) is 5.75. The van der Waals surface area contributed by atoms with Crippen LogP contribution in [0.25, 0.3) is 11.4 Å². The molecule has 11 nitrogen and oxygen atoms in total. The maximum Gasteiger partial charge on any atom is 0.251 e. The lowest BCUT2D eigenvalue weighted by Gasteiger charge is -2.43. The summed E-state index contributed by atoms with van der Waals surface area (Å²) in [6.45, 7) is 8.37. The Labute approximate surface area is 251 Å². The van der Waals surface area contributed by atoms with Gasteiger partial charge in [0.2, 0.25) is 0 Å². The maximum atomic E-state index is 12.0. The second kappa shape index (κ2) is 13.0. The van der Waals surface area contributed by atoms with E-state index in [1.54, 1.807) is 23.2 Å². The van der Waals surface area contributed by atoms with E-state index in [1.165, 1.54) is 12.6 Å². The molecule has 3 fully saturated rings. The molecule has 6 rings (SSSR count). The van der Waals surface area contributed by atoms with Gasteiger partial charge in [0.15, 0.2) is 5.82 Å². The summed E-state index contributed by atoms with van der Waals surface area (Å²) in [6.07, 6.45) is 1.85. The van der Waals surface area contributed by atoms with Gasteiger partial charge in [-0.1, -0.05) is 0 Å². The number of nitrogens with one attached hydrogen (secondary N) is 1. The number of hydrogen-bond acceptors (Lipinski definition) is 10. The van der Waals surface area contributed by atoms with Crippen molar-refractivity contribution >= 4 is 23.1 Å². The van der Waals surface area contributed by atoms with E-state index in [0.717, 1.165) is 45.1 Å². The molecule has 3 aliphatic rings. The molecule has 224 valence electrons. The lowest BCUT2D eigenvalue weighted by atomic mass is 10.1. The first-order valence-corrected chi connectivity index (χ1v) is 14.9. The molecule has 1 amide bonds. The number of aliphatic hydroxyl groups is 1. The molecule has 3 aliphatic heterocycles. The second-order valence-corrected chi connectivity index (χ2v) is 11.3. The Kier molecular flexibility index (Phi) is 8.69. The quantitative estimate of drug-likeness (QED) is 0.409. The van der Waals surface area contributed by atoms with E-state index < -0.39 is 6.10 Å². The highest BCUT2D eigenvalue weighted by Crippen LogP contribution is 2.29. The molecule has 0 radical (unpaired) electrons. The van der Waals surface area contributed by atoms with Crippen LogP contribution in [-0.4, -0.2) is 102 Å². The molecule has 1 atom stereocenters. The second-order valence-electron chi connectivity index (χ2n) is 11.3. The van der Waals surface area contributed by atoms with Crippen molar-refractivity contribution in [2.75, 3.05) is 62.7 Å². The maximum absolute atomic E-state index is 12.0. The molecule has 0 spiro atoms. The number of amides is 1. The Morgan fingerprint density at radius 3 is 2.47 bits per heavy atom. The van der Waals surface area contributed by atoms with E-state index in [2.05, 4.69) is 50.4 Å². The van der Waals surface area contributed by atoms with Gasteiger partial charge in [0, 0.05) is 75.2 Å². The molecule has 1 aromatic heterocycles. The Bertz CT molecular complexity index is 1460. The molecule has 11 heteroatoms. The Morgan fingerprint density at radius 2 is 1.81 bits per heavy atom. The smallest absolute Gasteiger partial charge is 0.251 e. The lowest BCUT2D eigenvalue weighted by molar-refractivity contribution is -0.141. The van der Waals surface area contributed by atoms with Crippen molar-refractivity contribution in [2.24, 2.45) is 0 Å². The van der Waals surface area contributed by atoms with Crippen LogP contribution in [0.1, 0.15) is 25.3 Å². The van der Waals surface area contributed by atoms with E-state index >= 15 is 0 Å². The number of carbonyl (C=O) groups is 1. The topological polar surface area (TPSA) is 127 Å². The summed E-state index contributed by atoms with van der Waals surface area (Å²) in [6, 6.07) is 18.4. The monoisotopic (exact) mass is 583 g/mol. The number of piperazine rings is 1. The minimum Gasteiger partial charge on any atom is -0.489 e. The van der Waals surface area contributed by atoms with Gasteiger partial charge in [-0.15, -0.1) is 0 Å². The van der Waals surface area contributed by atoms with Crippen molar-refractivity contribution in [2.45, 2.75) is 38.0 Å². The third-order valence-electron chi connectivity index (χ3n) is 8.37. The Balaban J connectivity index is 1.06. The molecular weight excluding hydrogens is 546 g/mol. The van der Waals surface area contributed by atoms with E-state index in [9.17, 15) is 15.2 Å². The van der Waals surface area contributed by atoms with E-state index in [4.69, 9.17) is 14.5 Å². The summed E-state index contributed by atoms with van der Waals surface area (Å²) in [5.74, 6) is 1.40. The van der Waals surface area contributed by atoms with Gasteiger partial charge >= 0.3 is 0 Å². The van der Waals surface area contributed by atoms with E-state index in [1.807, 2.05) is 12.1 Å². The van der Waals surface area contributed by atoms with Crippen LogP contribution < -0.4 is 15.0 Å². The SMILES string of the molecule is CC(O)C(=O)N1CCC(Oc2ccc(-c3nccc(Nc4ccc(N5CCN(C6COC6)CC5)cc4)n3)cc2C#N)CC1. The molecular formula is C32H37N7O4. The van der Waals surface area contributed by atoms with Crippen molar-refractivity contribution in [3.63, 3.8) is 0 Å². The zero-order valence-electron chi connectivity index (χ0n) is 24.4.